The number of nitrogens with zero attached hydrogens (tertiary/aromatic N) is 3. The van der Waals surface area contributed by atoms with Gasteiger partial charge >= 0.3 is 5.97 Å². The predicted octanol–water partition coefficient (Wildman–Crippen LogP) is 0.621. The van der Waals surface area contributed by atoms with Gasteiger partial charge in [0.2, 0.25) is 0 Å². The van der Waals surface area contributed by atoms with Crippen molar-refractivity contribution in [1.82, 2.24) is 14.8 Å². The number of carbonyl (C=O) groups excluding carboxylic acids is 1. The maximum Gasteiger partial charge on any atom is 0.327 e. The fourth-order valence-corrected chi connectivity index (χ4v) is 0.823. The van der Waals surface area contributed by atoms with E-state index in [9.17, 15) is 4.79 Å². The van der Waals surface area contributed by atoms with Gasteiger partial charge in [-0.25, -0.2) is 9.67 Å². The first-order valence-electron chi connectivity index (χ1n) is 4.31. The van der Waals surface area contributed by atoms with E-state index < -0.39 is 0 Å². The molecule has 0 N–H and O–H groups in total. The Bertz CT molecular complexity index is 246. The van der Waals surface area contributed by atoms with E-state index in [0.29, 0.717) is 6.61 Å². The molecule has 0 saturated carbocycles. The third kappa shape index (κ3) is 3.68. The standard InChI is InChI=1S/C8H13N3O2/c1-2-3-4-13-8(12)5-11-7-9-6-10-11/h6-7H,2-5H2,1H3. The van der Waals surface area contributed by atoms with Gasteiger partial charge in [0.15, 0.2) is 0 Å². The van der Waals surface area contributed by atoms with Gasteiger partial charge in [0.05, 0.1) is 6.61 Å². The molecule has 0 aromatic carbocycles. The molecule has 0 spiro atoms. The first-order chi connectivity index (χ1) is 6.33. The largest absolute Gasteiger partial charge is 0.464 e. The zero-order chi connectivity index (χ0) is 9.52. The Morgan fingerprint density at radius 2 is 2.46 bits per heavy atom. The van der Waals surface area contributed by atoms with Crippen LogP contribution in [-0.4, -0.2) is 27.3 Å². The minimum atomic E-state index is -0.265. The van der Waals surface area contributed by atoms with Crippen LogP contribution in [0.3, 0.4) is 0 Å². The van der Waals surface area contributed by atoms with Crippen molar-refractivity contribution in [3.8, 4) is 0 Å². The second kappa shape index (κ2) is 5.29. The second-order valence-corrected chi connectivity index (χ2v) is 2.67. The minimum Gasteiger partial charge on any atom is -0.464 e. The summed E-state index contributed by atoms with van der Waals surface area (Å²) in [6, 6.07) is 0. The monoisotopic (exact) mass is 183 g/mol. The summed E-state index contributed by atoms with van der Waals surface area (Å²) >= 11 is 0. The number of rotatable bonds is 5. The van der Waals surface area contributed by atoms with Crippen molar-refractivity contribution in [1.29, 1.82) is 0 Å². The molecule has 0 bridgehead atoms. The number of aromatic nitrogens is 3. The summed E-state index contributed by atoms with van der Waals surface area (Å²) in [5, 5.41) is 3.79. The normalized spacial score (nSPS) is 9.92. The Morgan fingerprint density at radius 3 is 3.08 bits per heavy atom. The Labute approximate surface area is 76.7 Å². The van der Waals surface area contributed by atoms with Crippen LogP contribution in [0.25, 0.3) is 0 Å². The van der Waals surface area contributed by atoms with Crippen LogP contribution in [0.4, 0.5) is 0 Å². The maximum absolute atomic E-state index is 11.1. The number of hydrogen-bond donors (Lipinski definition) is 0. The van der Waals surface area contributed by atoms with Crippen LogP contribution in [0.2, 0.25) is 0 Å². The first kappa shape index (κ1) is 9.70. The van der Waals surface area contributed by atoms with Gasteiger partial charge in [-0.1, -0.05) is 13.3 Å². The van der Waals surface area contributed by atoms with Gasteiger partial charge in [0.25, 0.3) is 0 Å². The smallest absolute Gasteiger partial charge is 0.327 e. The molecule has 5 heteroatoms. The third-order valence-electron chi connectivity index (χ3n) is 1.52. The average Bonchev–Trinajstić information content (AvgIpc) is 2.57. The van der Waals surface area contributed by atoms with Crippen molar-refractivity contribution in [2.45, 2.75) is 26.3 Å². The molecule has 0 aliphatic heterocycles. The lowest BCUT2D eigenvalue weighted by Gasteiger charge is -2.02. The lowest BCUT2D eigenvalue weighted by Crippen LogP contribution is -2.14. The van der Waals surface area contributed by atoms with Crippen molar-refractivity contribution < 1.29 is 9.53 Å². The minimum absolute atomic E-state index is 0.143. The highest BCUT2D eigenvalue weighted by Crippen LogP contribution is 1.90. The molecule has 0 aliphatic carbocycles. The molecular formula is C8H13N3O2. The summed E-state index contributed by atoms with van der Waals surface area (Å²) in [4.78, 5) is 14.8. The summed E-state index contributed by atoms with van der Waals surface area (Å²) in [5.41, 5.74) is 0. The second-order valence-electron chi connectivity index (χ2n) is 2.67. The van der Waals surface area contributed by atoms with Crippen LogP contribution in [0.1, 0.15) is 19.8 Å². The zero-order valence-electron chi connectivity index (χ0n) is 7.64. The molecule has 5 nitrogen and oxygen atoms in total. The quantitative estimate of drug-likeness (QED) is 0.496. The van der Waals surface area contributed by atoms with Crippen LogP contribution in [0, 0.1) is 0 Å². The van der Waals surface area contributed by atoms with Crippen molar-refractivity contribution in [2.75, 3.05) is 6.61 Å². The van der Waals surface area contributed by atoms with Gasteiger partial charge in [0.1, 0.15) is 19.2 Å². The van der Waals surface area contributed by atoms with Gasteiger partial charge in [-0.05, 0) is 6.42 Å². The van der Waals surface area contributed by atoms with E-state index in [-0.39, 0.29) is 12.5 Å². The highest BCUT2D eigenvalue weighted by atomic mass is 16.5. The Hall–Kier alpha value is -1.39. The Kier molecular flexibility index (Phi) is 3.95. The summed E-state index contributed by atoms with van der Waals surface area (Å²) in [6.45, 7) is 2.68. The molecule has 1 rings (SSSR count). The Balaban J connectivity index is 2.18. The molecule has 0 atom stereocenters. The number of unbranched alkanes of at least 4 members (excludes halogenated alkanes) is 1. The highest BCUT2D eigenvalue weighted by molar-refractivity contribution is 5.68. The van der Waals surface area contributed by atoms with Gasteiger partial charge in [-0.2, -0.15) is 5.10 Å². The van der Waals surface area contributed by atoms with E-state index in [1.165, 1.54) is 17.3 Å². The molecule has 0 saturated heterocycles. The SMILES string of the molecule is CCCCOC(=O)Cn1cncn1. The molecule has 0 amide bonds. The van der Waals surface area contributed by atoms with Crippen molar-refractivity contribution in [3.63, 3.8) is 0 Å². The molecule has 1 aromatic rings. The topological polar surface area (TPSA) is 57.0 Å². The number of hydrogen-bond acceptors (Lipinski definition) is 4. The molecular weight excluding hydrogens is 170 g/mol. The fraction of sp³-hybridized carbons (Fsp3) is 0.625. The van der Waals surface area contributed by atoms with Crippen molar-refractivity contribution >= 4 is 5.97 Å². The first-order valence-corrected chi connectivity index (χ1v) is 4.31. The predicted molar refractivity (Wildman–Crippen MR) is 45.9 cm³/mol. The zero-order valence-corrected chi connectivity index (χ0v) is 7.64. The molecule has 13 heavy (non-hydrogen) atoms. The molecule has 0 fully saturated rings. The van der Waals surface area contributed by atoms with E-state index in [1.54, 1.807) is 0 Å². The summed E-state index contributed by atoms with van der Waals surface area (Å²) < 4.78 is 6.37. The van der Waals surface area contributed by atoms with Crippen molar-refractivity contribution in [3.05, 3.63) is 12.7 Å². The molecule has 0 aliphatic rings. The van der Waals surface area contributed by atoms with Crippen LogP contribution < -0.4 is 0 Å². The Morgan fingerprint density at radius 1 is 1.62 bits per heavy atom. The summed E-state index contributed by atoms with van der Waals surface area (Å²) in [5.74, 6) is -0.265. The molecule has 0 radical (unpaired) electrons. The fourth-order valence-electron chi connectivity index (χ4n) is 0.823. The third-order valence-corrected chi connectivity index (χ3v) is 1.52. The average molecular weight is 183 g/mol. The van der Waals surface area contributed by atoms with Gasteiger partial charge in [-0.15, -0.1) is 0 Å². The van der Waals surface area contributed by atoms with Crippen LogP contribution >= 0.6 is 0 Å². The van der Waals surface area contributed by atoms with Crippen LogP contribution in [0.5, 0.6) is 0 Å². The van der Waals surface area contributed by atoms with Gasteiger partial charge in [-0.3, -0.25) is 4.79 Å². The van der Waals surface area contributed by atoms with Crippen LogP contribution in [-0.2, 0) is 16.1 Å². The van der Waals surface area contributed by atoms with Crippen molar-refractivity contribution in [2.24, 2.45) is 0 Å². The highest BCUT2D eigenvalue weighted by Gasteiger charge is 2.03. The molecule has 0 unspecified atom stereocenters. The van der Waals surface area contributed by atoms with E-state index in [2.05, 4.69) is 10.1 Å². The number of ether oxygens (including phenoxy) is 1. The van der Waals surface area contributed by atoms with Gasteiger partial charge in [0, 0.05) is 0 Å². The maximum atomic E-state index is 11.1. The summed E-state index contributed by atoms with van der Waals surface area (Å²) in [7, 11) is 0. The van der Waals surface area contributed by atoms with Gasteiger partial charge < -0.3 is 4.74 Å². The number of esters is 1. The van der Waals surface area contributed by atoms with E-state index in [1.807, 2.05) is 6.92 Å². The van der Waals surface area contributed by atoms with E-state index in [4.69, 9.17) is 4.74 Å². The lowest BCUT2D eigenvalue weighted by molar-refractivity contribution is -0.144. The molecule has 72 valence electrons. The lowest BCUT2D eigenvalue weighted by atomic mass is 10.4. The van der Waals surface area contributed by atoms with E-state index in [0.717, 1.165) is 12.8 Å². The summed E-state index contributed by atoms with van der Waals surface area (Å²) in [6.07, 6.45) is 4.81. The molecule has 1 aromatic heterocycles. The van der Waals surface area contributed by atoms with Crippen LogP contribution in [0.15, 0.2) is 12.7 Å². The molecule has 1 heterocycles. The van der Waals surface area contributed by atoms with E-state index >= 15 is 0 Å². The number of carbonyl (C=O) groups is 1.